The molecular formula is C22H32N2O2. The lowest BCUT2D eigenvalue weighted by molar-refractivity contribution is -0.0987. The second-order valence-electron chi connectivity index (χ2n) is 6.18. The Morgan fingerprint density at radius 2 is 1.73 bits per heavy atom. The van der Waals surface area contributed by atoms with E-state index in [4.69, 9.17) is 9.59 Å². The Morgan fingerprint density at radius 1 is 1.04 bits per heavy atom. The summed E-state index contributed by atoms with van der Waals surface area (Å²) in [5, 5.41) is 0. The van der Waals surface area contributed by atoms with Gasteiger partial charge in [-0.1, -0.05) is 48.4 Å². The van der Waals surface area contributed by atoms with Crippen molar-refractivity contribution < 1.29 is 9.59 Å². The van der Waals surface area contributed by atoms with Gasteiger partial charge in [0.25, 0.3) is 0 Å². The van der Waals surface area contributed by atoms with Crippen LogP contribution in [-0.2, 0) is 16.0 Å². The molecule has 1 saturated heterocycles. The van der Waals surface area contributed by atoms with Crippen LogP contribution in [0.1, 0.15) is 36.8 Å². The summed E-state index contributed by atoms with van der Waals surface area (Å²) >= 11 is 0. The molecule has 1 aliphatic rings. The highest BCUT2D eigenvalue weighted by Crippen LogP contribution is 2.19. The minimum Gasteiger partial charge on any atom is -0.307 e. The Morgan fingerprint density at radius 3 is 2.23 bits per heavy atom. The first-order valence-corrected chi connectivity index (χ1v) is 8.94. The SMILES string of the molecule is C=O.C=O.CN1CCCCC1CCc1cccnc1.Cc1ccccc1. The van der Waals surface area contributed by atoms with Gasteiger partial charge in [0.15, 0.2) is 0 Å². The number of rotatable bonds is 3. The molecule has 4 heteroatoms. The predicted octanol–water partition coefficient (Wildman–Crippen LogP) is 4.12. The lowest BCUT2D eigenvalue weighted by atomic mass is 9.97. The van der Waals surface area contributed by atoms with Crippen LogP contribution in [0.5, 0.6) is 0 Å². The number of benzene rings is 1. The number of piperidine rings is 1. The van der Waals surface area contributed by atoms with Crippen molar-refractivity contribution in [3.63, 3.8) is 0 Å². The van der Waals surface area contributed by atoms with Gasteiger partial charge in [-0.2, -0.15) is 0 Å². The van der Waals surface area contributed by atoms with Crippen LogP contribution < -0.4 is 0 Å². The van der Waals surface area contributed by atoms with Crippen LogP contribution in [0, 0.1) is 6.92 Å². The molecule has 4 nitrogen and oxygen atoms in total. The van der Waals surface area contributed by atoms with E-state index in [9.17, 15) is 0 Å². The molecule has 0 N–H and O–H groups in total. The molecule has 26 heavy (non-hydrogen) atoms. The van der Waals surface area contributed by atoms with Gasteiger partial charge in [0.1, 0.15) is 13.6 Å². The summed E-state index contributed by atoms with van der Waals surface area (Å²) in [4.78, 5) is 22.7. The second kappa shape index (κ2) is 16.2. The summed E-state index contributed by atoms with van der Waals surface area (Å²) in [6, 6.07) is 15.3. The topological polar surface area (TPSA) is 50.3 Å². The van der Waals surface area contributed by atoms with Crippen molar-refractivity contribution >= 4 is 13.6 Å². The standard InChI is InChI=1S/C13H20N2.C7H8.2CH2O/c1-15-10-3-2-6-13(15)8-7-12-5-4-9-14-11-12;1-7-5-3-2-4-6-7;2*1-2/h4-5,9,11,13H,2-3,6-8,10H2,1H3;2-6H,1H3;2*1H2. The molecule has 0 radical (unpaired) electrons. The Hall–Kier alpha value is -2.33. The third-order valence-corrected chi connectivity index (χ3v) is 4.35. The maximum atomic E-state index is 8.00. The molecule has 0 amide bonds. The fourth-order valence-electron chi connectivity index (χ4n) is 2.92. The Labute approximate surface area is 158 Å². The quantitative estimate of drug-likeness (QED) is 0.830. The van der Waals surface area contributed by atoms with E-state index in [-0.39, 0.29) is 0 Å². The molecule has 0 spiro atoms. The van der Waals surface area contributed by atoms with Crippen molar-refractivity contribution in [2.24, 2.45) is 0 Å². The molecule has 2 heterocycles. The summed E-state index contributed by atoms with van der Waals surface area (Å²) in [6.07, 6.45) is 10.4. The van der Waals surface area contributed by atoms with Crippen LogP contribution in [-0.4, -0.2) is 43.1 Å². The van der Waals surface area contributed by atoms with E-state index < -0.39 is 0 Å². The van der Waals surface area contributed by atoms with E-state index in [1.807, 2.05) is 50.2 Å². The van der Waals surface area contributed by atoms with Crippen LogP contribution in [0.15, 0.2) is 54.9 Å². The summed E-state index contributed by atoms with van der Waals surface area (Å²) in [6.45, 7) is 7.36. The van der Waals surface area contributed by atoms with E-state index in [2.05, 4.69) is 42.1 Å². The second-order valence-corrected chi connectivity index (χ2v) is 6.18. The van der Waals surface area contributed by atoms with Gasteiger partial charge in [-0.05, 0) is 57.8 Å². The summed E-state index contributed by atoms with van der Waals surface area (Å²) in [5.74, 6) is 0. The number of pyridine rings is 1. The van der Waals surface area contributed by atoms with Crippen LogP contribution in [0.3, 0.4) is 0 Å². The lowest BCUT2D eigenvalue weighted by Crippen LogP contribution is -2.36. The molecular weight excluding hydrogens is 324 g/mol. The van der Waals surface area contributed by atoms with E-state index >= 15 is 0 Å². The Bertz CT molecular complexity index is 547. The Balaban J connectivity index is 0.000000477. The average Bonchev–Trinajstić information content (AvgIpc) is 2.72. The van der Waals surface area contributed by atoms with Crippen molar-refractivity contribution in [3.8, 4) is 0 Å². The smallest absolute Gasteiger partial charge is 0.106 e. The normalized spacial score (nSPS) is 15.8. The number of likely N-dealkylation sites (tertiary alicyclic amines) is 1. The van der Waals surface area contributed by atoms with Gasteiger partial charge in [-0.15, -0.1) is 0 Å². The van der Waals surface area contributed by atoms with Crippen LogP contribution in [0.4, 0.5) is 0 Å². The van der Waals surface area contributed by atoms with E-state index in [0.717, 1.165) is 6.04 Å². The summed E-state index contributed by atoms with van der Waals surface area (Å²) in [5.41, 5.74) is 2.69. The molecule has 1 aliphatic heterocycles. The lowest BCUT2D eigenvalue weighted by Gasteiger charge is -2.32. The maximum absolute atomic E-state index is 8.00. The van der Waals surface area contributed by atoms with Crippen molar-refractivity contribution in [3.05, 3.63) is 66.0 Å². The number of hydrogen-bond donors (Lipinski definition) is 0. The minimum atomic E-state index is 0.791. The fraction of sp³-hybridized carbons (Fsp3) is 0.409. The minimum absolute atomic E-state index is 0.791. The predicted molar refractivity (Wildman–Crippen MR) is 108 cm³/mol. The molecule has 0 aliphatic carbocycles. The molecule has 2 aromatic rings. The van der Waals surface area contributed by atoms with Crippen molar-refractivity contribution in [1.29, 1.82) is 0 Å². The first-order chi connectivity index (χ1) is 12.8. The molecule has 1 aromatic carbocycles. The summed E-state index contributed by atoms with van der Waals surface area (Å²) in [7, 11) is 2.26. The van der Waals surface area contributed by atoms with Crippen LogP contribution >= 0.6 is 0 Å². The molecule has 3 rings (SSSR count). The third kappa shape index (κ3) is 10.5. The third-order valence-electron chi connectivity index (χ3n) is 4.35. The maximum Gasteiger partial charge on any atom is 0.106 e. The molecule has 1 aromatic heterocycles. The van der Waals surface area contributed by atoms with Crippen molar-refractivity contribution in [2.75, 3.05) is 13.6 Å². The average molecular weight is 357 g/mol. The van der Waals surface area contributed by atoms with E-state index in [1.165, 1.54) is 49.8 Å². The number of aromatic nitrogens is 1. The van der Waals surface area contributed by atoms with Gasteiger partial charge in [0.2, 0.25) is 0 Å². The zero-order valence-electron chi connectivity index (χ0n) is 16.1. The molecule has 1 unspecified atom stereocenters. The first kappa shape index (κ1) is 23.7. The van der Waals surface area contributed by atoms with E-state index in [0.29, 0.717) is 0 Å². The van der Waals surface area contributed by atoms with Gasteiger partial charge < -0.3 is 14.5 Å². The van der Waals surface area contributed by atoms with E-state index in [1.54, 1.807) is 0 Å². The Kier molecular flexibility index (Phi) is 14.7. The van der Waals surface area contributed by atoms with Crippen molar-refractivity contribution in [2.45, 2.75) is 45.1 Å². The zero-order valence-corrected chi connectivity index (χ0v) is 16.1. The highest BCUT2D eigenvalue weighted by atomic mass is 16.1. The summed E-state index contributed by atoms with van der Waals surface area (Å²) < 4.78 is 0. The van der Waals surface area contributed by atoms with Gasteiger partial charge in [0, 0.05) is 18.4 Å². The van der Waals surface area contributed by atoms with Crippen LogP contribution in [0.2, 0.25) is 0 Å². The van der Waals surface area contributed by atoms with Gasteiger partial charge in [-0.3, -0.25) is 4.98 Å². The monoisotopic (exact) mass is 356 g/mol. The number of carbonyl (C=O) groups is 2. The van der Waals surface area contributed by atoms with Crippen molar-refractivity contribution in [1.82, 2.24) is 9.88 Å². The largest absolute Gasteiger partial charge is 0.307 e. The van der Waals surface area contributed by atoms with Crippen LogP contribution in [0.25, 0.3) is 0 Å². The zero-order chi connectivity index (χ0) is 19.6. The van der Waals surface area contributed by atoms with Gasteiger partial charge >= 0.3 is 0 Å². The molecule has 0 bridgehead atoms. The highest BCUT2D eigenvalue weighted by molar-refractivity contribution is 5.12. The number of hydrogen-bond acceptors (Lipinski definition) is 4. The number of nitrogens with zero attached hydrogens (tertiary/aromatic N) is 2. The first-order valence-electron chi connectivity index (χ1n) is 8.94. The van der Waals surface area contributed by atoms with Gasteiger partial charge in [0.05, 0.1) is 0 Å². The van der Waals surface area contributed by atoms with Gasteiger partial charge in [-0.25, -0.2) is 0 Å². The number of carbonyl (C=O) groups excluding carboxylic acids is 2. The highest BCUT2D eigenvalue weighted by Gasteiger charge is 2.18. The molecule has 1 fully saturated rings. The molecule has 1 atom stereocenters. The fourth-order valence-corrected chi connectivity index (χ4v) is 2.92. The molecule has 0 saturated carbocycles. The number of aryl methyl sites for hydroxylation is 2. The molecule has 142 valence electrons.